The van der Waals surface area contributed by atoms with Crippen LogP contribution in [0.25, 0.3) is 0 Å². The van der Waals surface area contributed by atoms with Crippen LogP contribution >= 0.6 is 0 Å². The first-order valence-corrected chi connectivity index (χ1v) is 12.2. The molecule has 3 aliphatic rings. The van der Waals surface area contributed by atoms with E-state index in [0.29, 0.717) is 41.9 Å². The molecule has 170 valence electrons. The van der Waals surface area contributed by atoms with Gasteiger partial charge in [0.1, 0.15) is 0 Å². The van der Waals surface area contributed by atoms with Crippen molar-refractivity contribution in [3.8, 4) is 0 Å². The van der Waals surface area contributed by atoms with E-state index in [1.807, 2.05) is 0 Å². The molecule has 7 atom stereocenters. The molecule has 3 heteroatoms. The van der Waals surface area contributed by atoms with Crippen molar-refractivity contribution < 1.29 is 15.3 Å². The van der Waals surface area contributed by atoms with Crippen LogP contribution in [-0.2, 0) is 0 Å². The molecule has 3 aliphatic carbocycles. The van der Waals surface area contributed by atoms with E-state index in [4.69, 9.17) is 0 Å². The molecule has 0 amide bonds. The summed E-state index contributed by atoms with van der Waals surface area (Å²) in [5.41, 5.74) is 3.63. The minimum absolute atomic E-state index is 0.179. The Labute approximate surface area is 184 Å². The molecule has 3 saturated carbocycles. The van der Waals surface area contributed by atoms with Crippen LogP contribution in [-0.4, -0.2) is 33.6 Å². The van der Waals surface area contributed by atoms with E-state index in [9.17, 15) is 15.3 Å². The molecule has 0 bridgehead atoms. The van der Waals surface area contributed by atoms with Gasteiger partial charge in [0, 0.05) is 6.42 Å². The van der Waals surface area contributed by atoms with Gasteiger partial charge in [0.15, 0.2) is 0 Å². The summed E-state index contributed by atoms with van der Waals surface area (Å²) in [4.78, 5) is 0. The van der Waals surface area contributed by atoms with Gasteiger partial charge in [-0.3, -0.25) is 0 Å². The highest BCUT2D eigenvalue weighted by Gasteiger charge is 2.50. The Kier molecular flexibility index (Phi) is 7.69. The fraction of sp³-hybridized carbons (Fsp3) is 0.778. The van der Waals surface area contributed by atoms with Gasteiger partial charge in [-0.2, -0.15) is 0 Å². The zero-order chi connectivity index (χ0) is 22.1. The zero-order valence-electron chi connectivity index (χ0n) is 19.6. The number of fused-ring (bicyclic) bond motifs is 1. The normalized spacial score (nSPS) is 39.5. The lowest BCUT2D eigenvalue weighted by Gasteiger charge is -2.44. The van der Waals surface area contributed by atoms with E-state index < -0.39 is 12.2 Å². The van der Waals surface area contributed by atoms with Crippen LogP contribution in [0.2, 0.25) is 0 Å². The number of hydrogen-bond acceptors (Lipinski definition) is 3. The predicted octanol–water partition coefficient (Wildman–Crippen LogP) is 5.56. The number of aliphatic hydroxyl groups excluding tert-OH is 3. The Morgan fingerprint density at radius 1 is 1.13 bits per heavy atom. The summed E-state index contributed by atoms with van der Waals surface area (Å²) < 4.78 is 0. The maximum absolute atomic E-state index is 10.5. The highest BCUT2D eigenvalue weighted by atomic mass is 16.3. The molecule has 3 unspecified atom stereocenters. The molecule has 3 N–H and O–H groups in total. The molecule has 30 heavy (non-hydrogen) atoms. The van der Waals surface area contributed by atoms with E-state index in [2.05, 4.69) is 46.4 Å². The second-order valence-electron chi connectivity index (χ2n) is 11.2. The minimum atomic E-state index is -0.621. The Morgan fingerprint density at radius 3 is 2.57 bits per heavy atom. The Balaban J connectivity index is 1.73. The molecule has 0 heterocycles. The van der Waals surface area contributed by atoms with Crippen LogP contribution in [0.15, 0.2) is 35.5 Å². The number of aliphatic hydroxyl groups is 3. The van der Waals surface area contributed by atoms with Crippen molar-refractivity contribution in [1.82, 2.24) is 0 Å². The van der Waals surface area contributed by atoms with Crippen molar-refractivity contribution in [2.45, 2.75) is 104 Å². The van der Waals surface area contributed by atoms with Gasteiger partial charge in [-0.1, -0.05) is 52.0 Å². The van der Waals surface area contributed by atoms with Gasteiger partial charge in [-0.05, 0) is 91.6 Å². The third-order valence-corrected chi connectivity index (χ3v) is 8.38. The molecule has 0 aromatic rings. The molecule has 0 spiro atoms. The minimum Gasteiger partial charge on any atom is -0.393 e. The maximum Gasteiger partial charge on any atom is 0.0811 e. The first kappa shape index (κ1) is 23.8. The Morgan fingerprint density at radius 2 is 1.87 bits per heavy atom. The lowest BCUT2D eigenvalue weighted by Crippen LogP contribution is -2.36. The SMILES string of the molecule is C=C1/C(=C\C=C2CCC[C@@]3(C)C2CC[C@@H]3[C@H](C)CC(O)CC(C)C)C[C@@H](O)CC1O. The molecule has 3 rings (SSSR count). The number of rotatable bonds is 6. The number of allylic oxidation sites excluding steroid dienone is 3. The van der Waals surface area contributed by atoms with Gasteiger partial charge in [-0.15, -0.1) is 0 Å². The van der Waals surface area contributed by atoms with Crippen LogP contribution < -0.4 is 0 Å². The third-order valence-electron chi connectivity index (χ3n) is 8.38. The Bertz CT molecular complexity index is 676. The largest absolute Gasteiger partial charge is 0.393 e. The fourth-order valence-electron chi connectivity index (χ4n) is 6.91. The van der Waals surface area contributed by atoms with Crippen molar-refractivity contribution in [1.29, 1.82) is 0 Å². The lowest BCUT2D eigenvalue weighted by atomic mass is 9.60. The van der Waals surface area contributed by atoms with E-state index in [1.54, 1.807) is 0 Å². The van der Waals surface area contributed by atoms with E-state index in [0.717, 1.165) is 30.4 Å². The molecule has 0 aromatic heterocycles. The van der Waals surface area contributed by atoms with Gasteiger partial charge >= 0.3 is 0 Å². The molecule has 0 radical (unpaired) electrons. The van der Waals surface area contributed by atoms with Gasteiger partial charge < -0.3 is 15.3 Å². The third kappa shape index (κ3) is 5.11. The van der Waals surface area contributed by atoms with Crippen LogP contribution in [0.5, 0.6) is 0 Å². The van der Waals surface area contributed by atoms with Gasteiger partial charge in [0.25, 0.3) is 0 Å². The average molecular weight is 417 g/mol. The lowest BCUT2D eigenvalue weighted by molar-refractivity contribution is 0.0571. The molecular formula is C27H44O3. The molecule has 0 aromatic carbocycles. The van der Waals surface area contributed by atoms with Gasteiger partial charge in [0.2, 0.25) is 0 Å². The second-order valence-corrected chi connectivity index (χ2v) is 11.2. The van der Waals surface area contributed by atoms with Gasteiger partial charge in [0.05, 0.1) is 18.3 Å². The first-order valence-electron chi connectivity index (χ1n) is 12.2. The van der Waals surface area contributed by atoms with Crippen molar-refractivity contribution >= 4 is 0 Å². The standard InChI is InChI=1S/C27H44O3/c1-17(2)13-22(28)14-18(3)24-10-11-25-20(7-6-12-27(24,25)5)8-9-21-15-23(29)16-26(30)19(21)4/h8-9,17-18,22-26,28-30H,4,6-7,10-16H2,1-3,5H3/b20-8?,21-9-/t18-,22?,23-,24-,25?,26?,27-/m1/s1. The summed E-state index contributed by atoms with van der Waals surface area (Å²) in [5.74, 6) is 2.39. The first-order chi connectivity index (χ1) is 14.1. The number of hydrogen-bond donors (Lipinski definition) is 3. The molecule has 3 nitrogen and oxygen atoms in total. The zero-order valence-corrected chi connectivity index (χ0v) is 19.6. The van der Waals surface area contributed by atoms with Crippen molar-refractivity contribution in [2.24, 2.45) is 29.1 Å². The monoisotopic (exact) mass is 416 g/mol. The average Bonchev–Trinajstić information content (AvgIpc) is 3.00. The maximum atomic E-state index is 10.5. The van der Waals surface area contributed by atoms with E-state index in [-0.39, 0.29) is 6.10 Å². The summed E-state index contributed by atoms with van der Waals surface area (Å²) in [5, 5.41) is 30.7. The fourth-order valence-corrected chi connectivity index (χ4v) is 6.91. The highest BCUT2D eigenvalue weighted by molar-refractivity contribution is 5.38. The smallest absolute Gasteiger partial charge is 0.0811 e. The van der Waals surface area contributed by atoms with Crippen LogP contribution in [0.1, 0.15) is 85.5 Å². The van der Waals surface area contributed by atoms with Crippen LogP contribution in [0.4, 0.5) is 0 Å². The van der Waals surface area contributed by atoms with E-state index in [1.165, 1.54) is 31.3 Å². The molecule has 0 aliphatic heterocycles. The summed E-state index contributed by atoms with van der Waals surface area (Å²) >= 11 is 0. The molecular weight excluding hydrogens is 372 g/mol. The topological polar surface area (TPSA) is 60.7 Å². The van der Waals surface area contributed by atoms with Gasteiger partial charge in [-0.25, -0.2) is 0 Å². The summed E-state index contributed by atoms with van der Waals surface area (Å²) in [6.45, 7) is 13.3. The van der Waals surface area contributed by atoms with E-state index >= 15 is 0 Å². The highest BCUT2D eigenvalue weighted by Crippen LogP contribution is 2.60. The Hall–Kier alpha value is -0.900. The summed E-state index contributed by atoms with van der Waals surface area (Å²) in [6, 6.07) is 0. The van der Waals surface area contributed by atoms with Crippen LogP contribution in [0.3, 0.4) is 0 Å². The molecule has 0 saturated heterocycles. The summed E-state index contributed by atoms with van der Waals surface area (Å²) in [7, 11) is 0. The summed E-state index contributed by atoms with van der Waals surface area (Å²) in [6.07, 6.45) is 12.1. The second kappa shape index (κ2) is 9.71. The predicted molar refractivity (Wildman–Crippen MR) is 124 cm³/mol. The quantitative estimate of drug-likeness (QED) is 0.531. The van der Waals surface area contributed by atoms with Crippen molar-refractivity contribution in [3.05, 3.63) is 35.5 Å². The molecule has 3 fully saturated rings. The van der Waals surface area contributed by atoms with Crippen molar-refractivity contribution in [3.63, 3.8) is 0 Å². The van der Waals surface area contributed by atoms with Crippen LogP contribution in [0, 0.1) is 29.1 Å². The van der Waals surface area contributed by atoms with Crippen molar-refractivity contribution in [2.75, 3.05) is 0 Å².